The number of aryl methyl sites for hydroxylation is 1. The zero-order valence-electron chi connectivity index (χ0n) is 15.0. The number of primary amides is 1. The van der Waals surface area contributed by atoms with Crippen molar-refractivity contribution in [2.24, 2.45) is 10.7 Å². The largest absolute Gasteiger partial charge is 0.494 e. The molecule has 0 atom stereocenters. The number of rotatable bonds is 2. The first-order valence-electron chi connectivity index (χ1n) is 8.28. The molecule has 1 aliphatic heterocycles. The Bertz CT molecular complexity index is 1160. The quantitative estimate of drug-likeness (QED) is 0.529. The van der Waals surface area contributed by atoms with Gasteiger partial charge in [-0.05, 0) is 19.1 Å². The molecule has 142 valence electrons. The van der Waals surface area contributed by atoms with Crippen LogP contribution in [-0.4, -0.2) is 28.6 Å². The number of amides is 1. The predicted molar refractivity (Wildman–Crippen MR) is 105 cm³/mol. The molecule has 9 heteroatoms. The van der Waals surface area contributed by atoms with E-state index in [9.17, 15) is 9.18 Å². The van der Waals surface area contributed by atoms with Crippen LogP contribution in [0.25, 0.3) is 0 Å². The average Bonchev–Trinajstić information content (AvgIpc) is 2.87. The van der Waals surface area contributed by atoms with E-state index in [0.717, 1.165) is 4.68 Å². The number of methoxy groups -OCH3 is 1. The number of benzene rings is 2. The number of ether oxygens (including phenoxy) is 1. The number of halogens is 2. The third-order valence-corrected chi connectivity index (χ3v) is 4.72. The zero-order valence-corrected chi connectivity index (χ0v) is 15.7. The lowest BCUT2D eigenvalue weighted by Gasteiger charge is -2.14. The summed E-state index contributed by atoms with van der Waals surface area (Å²) in [5.41, 5.74) is 8.29. The van der Waals surface area contributed by atoms with Gasteiger partial charge in [0, 0.05) is 22.2 Å². The van der Waals surface area contributed by atoms with Crippen molar-refractivity contribution in [2.45, 2.75) is 6.92 Å². The minimum absolute atomic E-state index is 0.0371. The summed E-state index contributed by atoms with van der Waals surface area (Å²) in [6.45, 7) is 1.70. The van der Waals surface area contributed by atoms with E-state index in [2.05, 4.69) is 15.4 Å². The molecule has 2 aromatic carbocycles. The van der Waals surface area contributed by atoms with Crippen molar-refractivity contribution in [1.82, 2.24) is 9.78 Å². The lowest BCUT2D eigenvalue weighted by molar-refractivity contribution is 0.248. The fourth-order valence-corrected chi connectivity index (χ4v) is 3.32. The van der Waals surface area contributed by atoms with Crippen LogP contribution in [0.1, 0.15) is 16.8 Å². The fourth-order valence-electron chi connectivity index (χ4n) is 3.09. The number of nitrogens with one attached hydrogen (secondary N) is 1. The summed E-state index contributed by atoms with van der Waals surface area (Å²) in [5.74, 6) is -0.237. The number of aliphatic imine (C=N–C) groups is 1. The monoisotopic (exact) mass is 399 g/mol. The first-order valence-corrected chi connectivity index (χ1v) is 8.66. The Morgan fingerprint density at radius 1 is 1.29 bits per heavy atom. The van der Waals surface area contributed by atoms with Crippen LogP contribution in [-0.2, 0) is 0 Å². The molecule has 0 fully saturated rings. The average molecular weight is 400 g/mol. The van der Waals surface area contributed by atoms with E-state index in [1.807, 2.05) is 6.07 Å². The smallest absolute Gasteiger partial charge is 0.341 e. The van der Waals surface area contributed by atoms with Crippen LogP contribution in [0, 0.1) is 12.7 Å². The predicted octanol–water partition coefficient (Wildman–Crippen LogP) is 4.15. The molecule has 4 rings (SSSR count). The maximum Gasteiger partial charge on any atom is 0.341 e. The highest BCUT2D eigenvalue weighted by atomic mass is 35.5. The Labute approximate surface area is 164 Å². The number of carbonyl (C=O) groups excluding carboxylic acids is 1. The van der Waals surface area contributed by atoms with Crippen molar-refractivity contribution in [2.75, 3.05) is 12.4 Å². The molecule has 1 amide bonds. The Hall–Kier alpha value is -3.39. The van der Waals surface area contributed by atoms with Gasteiger partial charge >= 0.3 is 6.03 Å². The van der Waals surface area contributed by atoms with E-state index < -0.39 is 11.8 Å². The fraction of sp³-hybridized carbons (Fsp3) is 0.105. The number of carbonyl (C=O) groups is 1. The summed E-state index contributed by atoms with van der Waals surface area (Å²) in [7, 11) is 1.37. The summed E-state index contributed by atoms with van der Waals surface area (Å²) in [5, 5.41) is 7.69. The molecular formula is C19H15ClFN5O2. The van der Waals surface area contributed by atoms with Crippen LogP contribution < -0.4 is 15.8 Å². The van der Waals surface area contributed by atoms with Gasteiger partial charge in [-0.1, -0.05) is 29.8 Å². The molecule has 0 unspecified atom stereocenters. The second-order valence-electron chi connectivity index (χ2n) is 6.13. The highest BCUT2D eigenvalue weighted by Crippen LogP contribution is 2.40. The van der Waals surface area contributed by atoms with Crippen molar-refractivity contribution in [3.63, 3.8) is 0 Å². The van der Waals surface area contributed by atoms with Gasteiger partial charge in [0.1, 0.15) is 5.69 Å². The number of hydrogen-bond donors (Lipinski definition) is 2. The molecule has 3 aromatic rings. The second-order valence-corrected chi connectivity index (χ2v) is 6.54. The third kappa shape index (κ3) is 2.78. The van der Waals surface area contributed by atoms with E-state index in [-0.39, 0.29) is 11.6 Å². The number of nitrogens with zero attached hydrogens (tertiary/aromatic N) is 3. The summed E-state index contributed by atoms with van der Waals surface area (Å²) < 4.78 is 20.6. The molecule has 3 N–H and O–H groups in total. The van der Waals surface area contributed by atoms with E-state index >= 15 is 0 Å². The highest BCUT2D eigenvalue weighted by molar-refractivity contribution is 6.36. The standard InChI is InChI=1S/C19H15ClFN5O2/c1-9-16-18(26(25-9)19(22)27)23-14-8-15(28-2)13(21)7-11(14)17(24-16)10-5-3-4-6-12(10)20/h3-8,23H,1-2H3,(H2,22,27). The molecular weight excluding hydrogens is 385 g/mol. The first-order chi connectivity index (χ1) is 13.4. The topological polar surface area (TPSA) is 94.5 Å². The molecule has 0 aliphatic carbocycles. The number of aromatic nitrogens is 2. The molecule has 7 nitrogen and oxygen atoms in total. The molecule has 0 bridgehead atoms. The molecule has 0 spiro atoms. The van der Waals surface area contributed by atoms with Crippen molar-refractivity contribution in [3.05, 3.63) is 64.1 Å². The Balaban J connectivity index is 2.07. The Kier molecular flexibility index (Phi) is 4.27. The molecule has 1 aliphatic rings. The SMILES string of the molecule is COc1cc2c(cc1F)C(c1ccccc1Cl)=Nc1c(C)nn(C(N)=O)c1N2. The minimum atomic E-state index is -0.774. The van der Waals surface area contributed by atoms with Gasteiger partial charge in [0.2, 0.25) is 0 Å². The molecule has 0 radical (unpaired) electrons. The first kappa shape index (κ1) is 18.0. The van der Waals surface area contributed by atoms with Gasteiger partial charge < -0.3 is 15.8 Å². The van der Waals surface area contributed by atoms with Gasteiger partial charge in [-0.25, -0.2) is 14.2 Å². The molecule has 1 aromatic heterocycles. The van der Waals surface area contributed by atoms with Crippen LogP contribution in [0.3, 0.4) is 0 Å². The number of fused-ring (bicyclic) bond motifs is 2. The summed E-state index contributed by atoms with van der Waals surface area (Å²) >= 11 is 6.38. The van der Waals surface area contributed by atoms with E-state index in [1.54, 1.807) is 25.1 Å². The van der Waals surface area contributed by atoms with Crippen LogP contribution in [0.4, 0.5) is 26.4 Å². The van der Waals surface area contributed by atoms with Crippen LogP contribution in [0.5, 0.6) is 5.75 Å². The maximum atomic E-state index is 14.5. The van der Waals surface area contributed by atoms with Gasteiger partial charge in [0.25, 0.3) is 0 Å². The van der Waals surface area contributed by atoms with Gasteiger partial charge in [-0.2, -0.15) is 9.78 Å². The van der Waals surface area contributed by atoms with Gasteiger partial charge in [0.05, 0.1) is 24.2 Å². The van der Waals surface area contributed by atoms with Gasteiger partial charge in [-0.15, -0.1) is 0 Å². The summed E-state index contributed by atoms with van der Waals surface area (Å²) in [4.78, 5) is 16.5. The maximum absolute atomic E-state index is 14.5. The number of hydrogen-bond acceptors (Lipinski definition) is 5. The minimum Gasteiger partial charge on any atom is -0.494 e. The van der Waals surface area contributed by atoms with Crippen molar-refractivity contribution in [3.8, 4) is 5.75 Å². The van der Waals surface area contributed by atoms with E-state index in [1.165, 1.54) is 19.2 Å². The highest BCUT2D eigenvalue weighted by Gasteiger charge is 2.27. The van der Waals surface area contributed by atoms with Crippen LogP contribution >= 0.6 is 11.6 Å². The third-order valence-electron chi connectivity index (χ3n) is 4.39. The Morgan fingerprint density at radius 2 is 2.04 bits per heavy atom. The number of nitrogens with two attached hydrogens (primary N) is 1. The number of anilines is 2. The lowest BCUT2D eigenvalue weighted by atomic mass is 10.00. The molecule has 0 saturated heterocycles. The zero-order chi connectivity index (χ0) is 20.0. The van der Waals surface area contributed by atoms with E-state index in [4.69, 9.17) is 22.1 Å². The van der Waals surface area contributed by atoms with Gasteiger partial charge in [0.15, 0.2) is 17.4 Å². The lowest BCUT2D eigenvalue weighted by Crippen LogP contribution is -2.22. The second kappa shape index (κ2) is 6.65. The summed E-state index contributed by atoms with van der Waals surface area (Å²) in [6.07, 6.45) is 0. The molecule has 0 saturated carbocycles. The van der Waals surface area contributed by atoms with Crippen molar-refractivity contribution < 1.29 is 13.9 Å². The van der Waals surface area contributed by atoms with Crippen molar-refractivity contribution >= 4 is 40.5 Å². The van der Waals surface area contributed by atoms with E-state index in [0.29, 0.717) is 38.9 Å². The van der Waals surface area contributed by atoms with Gasteiger partial charge in [-0.3, -0.25) is 0 Å². The molecule has 2 heterocycles. The van der Waals surface area contributed by atoms with Crippen LogP contribution in [0.15, 0.2) is 41.4 Å². The Morgan fingerprint density at radius 3 is 2.71 bits per heavy atom. The normalized spacial score (nSPS) is 12.4. The summed E-state index contributed by atoms with van der Waals surface area (Å²) in [6, 6.07) is 9.13. The molecule has 28 heavy (non-hydrogen) atoms. The van der Waals surface area contributed by atoms with Crippen molar-refractivity contribution in [1.29, 1.82) is 0 Å². The van der Waals surface area contributed by atoms with Crippen LogP contribution in [0.2, 0.25) is 5.02 Å².